The van der Waals surface area contributed by atoms with E-state index in [1.165, 1.54) is 13.0 Å². The predicted octanol–water partition coefficient (Wildman–Crippen LogP) is 3.37. The van der Waals surface area contributed by atoms with E-state index in [0.717, 1.165) is 5.56 Å². The van der Waals surface area contributed by atoms with Crippen LogP contribution < -0.4 is 21.3 Å². The Bertz CT molecular complexity index is 839. The maximum Gasteiger partial charge on any atom is 0.319 e. The lowest BCUT2D eigenvalue weighted by molar-refractivity contribution is -0.115. The average Bonchev–Trinajstić information content (AvgIpc) is 2.55. The zero-order chi connectivity index (χ0) is 19.1. The first-order chi connectivity index (χ1) is 12.3. The molecule has 2 rings (SSSR count). The van der Waals surface area contributed by atoms with E-state index in [0.29, 0.717) is 22.1 Å². The number of hydrogen-bond donors (Lipinski definition) is 4. The number of anilines is 3. The van der Waals surface area contributed by atoms with Crippen LogP contribution in [-0.2, 0) is 9.59 Å². The van der Waals surface area contributed by atoms with Gasteiger partial charge in [0.05, 0.1) is 17.3 Å². The Morgan fingerprint density at radius 2 is 1.69 bits per heavy atom. The first-order valence-electron chi connectivity index (χ1n) is 7.82. The monoisotopic (exact) mass is 374 g/mol. The maximum absolute atomic E-state index is 12.0. The van der Waals surface area contributed by atoms with E-state index >= 15 is 0 Å². The molecular weight excluding hydrogens is 356 g/mol. The number of carbonyl (C=O) groups is 3. The summed E-state index contributed by atoms with van der Waals surface area (Å²) in [7, 11) is 0. The molecule has 0 aliphatic heterocycles. The highest BCUT2D eigenvalue weighted by atomic mass is 35.5. The van der Waals surface area contributed by atoms with Gasteiger partial charge in [0.2, 0.25) is 11.8 Å². The fourth-order valence-corrected chi connectivity index (χ4v) is 2.32. The van der Waals surface area contributed by atoms with E-state index in [2.05, 4.69) is 21.3 Å². The quantitative estimate of drug-likeness (QED) is 0.645. The van der Waals surface area contributed by atoms with Gasteiger partial charge in [-0.1, -0.05) is 23.7 Å². The van der Waals surface area contributed by atoms with Gasteiger partial charge in [-0.15, -0.1) is 0 Å². The van der Waals surface area contributed by atoms with Crippen LogP contribution in [0, 0.1) is 6.92 Å². The maximum atomic E-state index is 12.0. The molecule has 0 saturated carbocycles. The second kappa shape index (κ2) is 8.87. The minimum Gasteiger partial charge on any atom is -0.329 e. The van der Waals surface area contributed by atoms with Crippen LogP contribution in [0.3, 0.4) is 0 Å². The molecule has 8 heteroatoms. The van der Waals surface area contributed by atoms with E-state index in [9.17, 15) is 14.4 Å². The Morgan fingerprint density at radius 3 is 2.38 bits per heavy atom. The van der Waals surface area contributed by atoms with Crippen LogP contribution in [0.4, 0.5) is 21.9 Å². The lowest BCUT2D eigenvalue weighted by Crippen LogP contribution is -2.35. The highest BCUT2D eigenvalue weighted by Crippen LogP contribution is 2.25. The van der Waals surface area contributed by atoms with E-state index in [4.69, 9.17) is 11.6 Å². The third kappa shape index (κ3) is 6.10. The molecular formula is C18H19ClN4O3. The third-order valence-corrected chi connectivity index (χ3v) is 3.58. The summed E-state index contributed by atoms with van der Waals surface area (Å²) in [6.07, 6.45) is 0. The van der Waals surface area contributed by atoms with Crippen molar-refractivity contribution >= 4 is 46.5 Å². The summed E-state index contributed by atoms with van der Waals surface area (Å²) in [6.45, 7) is 3.05. The van der Waals surface area contributed by atoms with Crippen molar-refractivity contribution in [3.63, 3.8) is 0 Å². The van der Waals surface area contributed by atoms with Crippen LogP contribution in [0.1, 0.15) is 12.5 Å². The third-order valence-electron chi connectivity index (χ3n) is 3.25. The lowest BCUT2D eigenvalue weighted by atomic mass is 10.2. The summed E-state index contributed by atoms with van der Waals surface area (Å²) >= 11 is 6.03. The summed E-state index contributed by atoms with van der Waals surface area (Å²) in [5, 5.41) is 10.6. The lowest BCUT2D eigenvalue weighted by Gasteiger charge is -2.11. The molecule has 0 spiro atoms. The van der Waals surface area contributed by atoms with E-state index in [1.54, 1.807) is 18.2 Å². The number of urea groups is 1. The highest BCUT2D eigenvalue weighted by Gasteiger charge is 2.09. The van der Waals surface area contributed by atoms with Gasteiger partial charge in [0.15, 0.2) is 0 Å². The Hall–Kier alpha value is -3.06. The van der Waals surface area contributed by atoms with E-state index in [1.807, 2.05) is 25.1 Å². The van der Waals surface area contributed by atoms with Crippen LogP contribution in [0.25, 0.3) is 0 Å². The number of benzene rings is 2. The number of amides is 4. The van der Waals surface area contributed by atoms with Gasteiger partial charge in [-0.05, 0) is 42.8 Å². The minimum atomic E-state index is -0.496. The molecule has 7 nitrogen and oxygen atoms in total. The van der Waals surface area contributed by atoms with Gasteiger partial charge < -0.3 is 21.3 Å². The van der Waals surface area contributed by atoms with Crippen LogP contribution in [0.5, 0.6) is 0 Å². The summed E-state index contributed by atoms with van der Waals surface area (Å²) in [5.74, 6) is -0.689. The number of rotatable bonds is 5. The zero-order valence-corrected chi connectivity index (χ0v) is 15.1. The normalized spacial score (nSPS) is 9.96. The molecule has 0 atom stereocenters. The smallest absolute Gasteiger partial charge is 0.319 e. The van der Waals surface area contributed by atoms with Crippen molar-refractivity contribution in [2.24, 2.45) is 0 Å². The van der Waals surface area contributed by atoms with Gasteiger partial charge in [-0.25, -0.2) is 4.79 Å². The topological polar surface area (TPSA) is 99.3 Å². The van der Waals surface area contributed by atoms with Gasteiger partial charge >= 0.3 is 6.03 Å². The Balaban J connectivity index is 1.88. The molecule has 0 unspecified atom stereocenters. The average molecular weight is 375 g/mol. The largest absolute Gasteiger partial charge is 0.329 e. The molecule has 0 saturated heterocycles. The van der Waals surface area contributed by atoms with Crippen molar-refractivity contribution in [3.05, 3.63) is 53.1 Å². The first kappa shape index (κ1) is 19.3. The van der Waals surface area contributed by atoms with E-state index in [-0.39, 0.29) is 12.5 Å². The van der Waals surface area contributed by atoms with Crippen molar-refractivity contribution in [1.82, 2.24) is 5.32 Å². The molecule has 136 valence electrons. The predicted molar refractivity (Wildman–Crippen MR) is 103 cm³/mol. The number of aryl methyl sites for hydroxylation is 1. The summed E-state index contributed by atoms with van der Waals surface area (Å²) in [5.41, 5.74) is 2.48. The van der Waals surface area contributed by atoms with Crippen molar-refractivity contribution in [2.75, 3.05) is 22.5 Å². The Kier molecular flexibility index (Phi) is 6.57. The van der Waals surface area contributed by atoms with Gasteiger partial charge in [-0.2, -0.15) is 0 Å². The van der Waals surface area contributed by atoms with Crippen molar-refractivity contribution in [3.8, 4) is 0 Å². The molecule has 0 radical (unpaired) electrons. The van der Waals surface area contributed by atoms with Crippen molar-refractivity contribution in [1.29, 1.82) is 0 Å². The van der Waals surface area contributed by atoms with Crippen molar-refractivity contribution in [2.45, 2.75) is 13.8 Å². The van der Waals surface area contributed by atoms with Gasteiger partial charge in [-0.3, -0.25) is 9.59 Å². The Morgan fingerprint density at radius 1 is 0.962 bits per heavy atom. The van der Waals surface area contributed by atoms with Gasteiger partial charge in [0, 0.05) is 18.3 Å². The van der Waals surface area contributed by atoms with Crippen LogP contribution in [0.2, 0.25) is 5.02 Å². The van der Waals surface area contributed by atoms with Crippen LogP contribution in [0.15, 0.2) is 42.5 Å². The molecule has 4 N–H and O–H groups in total. The molecule has 4 amide bonds. The number of hydrogen-bond acceptors (Lipinski definition) is 3. The molecule has 0 heterocycles. The molecule has 0 fully saturated rings. The standard InChI is InChI=1S/C18H19ClN4O3/c1-11-4-3-5-13(8-11)22-18(26)20-10-17(25)23-16-9-14(21-12(2)24)6-7-15(16)19/h3-9H,10H2,1-2H3,(H,21,24)(H,23,25)(H2,20,22,26). The van der Waals surface area contributed by atoms with E-state index < -0.39 is 11.9 Å². The summed E-state index contributed by atoms with van der Waals surface area (Å²) < 4.78 is 0. The zero-order valence-electron chi connectivity index (χ0n) is 14.4. The second-order valence-corrected chi connectivity index (χ2v) is 6.01. The highest BCUT2D eigenvalue weighted by molar-refractivity contribution is 6.33. The second-order valence-electron chi connectivity index (χ2n) is 5.60. The Labute approximate surface area is 156 Å². The molecule has 0 aliphatic rings. The molecule has 0 aliphatic carbocycles. The number of nitrogens with one attached hydrogen (secondary N) is 4. The van der Waals surface area contributed by atoms with Gasteiger partial charge in [0.1, 0.15) is 0 Å². The fourth-order valence-electron chi connectivity index (χ4n) is 2.16. The molecule has 2 aromatic carbocycles. The number of carbonyl (C=O) groups excluding carboxylic acids is 3. The molecule has 0 bridgehead atoms. The van der Waals surface area contributed by atoms with Crippen molar-refractivity contribution < 1.29 is 14.4 Å². The number of halogens is 1. The SMILES string of the molecule is CC(=O)Nc1ccc(Cl)c(NC(=O)CNC(=O)Nc2cccc(C)c2)c1. The summed E-state index contributed by atoms with van der Waals surface area (Å²) in [4.78, 5) is 35.0. The van der Waals surface area contributed by atoms with Gasteiger partial charge in [0.25, 0.3) is 0 Å². The summed E-state index contributed by atoms with van der Waals surface area (Å²) in [6, 6.07) is 11.5. The van der Waals surface area contributed by atoms with Crippen LogP contribution >= 0.6 is 11.6 Å². The fraction of sp³-hybridized carbons (Fsp3) is 0.167. The molecule has 0 aromatic heterocycles. The molecule has 26 heavy (non-hydrogen) atoms. The minimum absolute atomic E-state index is 0.237. The first-order valence-corrected chi connectivity index (χ1v) is 8.20. The van der Waals surface area contributed by atoms with Crippen LogP contribution in [-0.4, -0.2) is 24.4 Å². The molecule has 2 aromatic rings.